The van der Waals surface area contributed by atoms with Gasteiger partial charge in [0.05, 0.1) is 0 Å². The van der Waals surface area contributed by atoms with E-state index >= 15 is 0 Å². The molecular formula is C9H14ClNS. The Kier molecular flexibility index (Phi) is 2.81. The summed E-state index contributed by atoms with van der Waals surface area (Å²) in [5.74, 6) is 0. The second kappa shape index (κ2) is 3.36. The molecule has 0 spiro atoms. The second-order valence-electron chi connectivity index (χ2n) is 3.75. The Morgan fingerprint density at radius 2 is 2.08 bits per heavy atom. The number of hydrogen-bond donors (Lipinski definition) is 1. The standard InChI is InChI=1S/C9H13NS.ClH/c1-9(10)3-2-7-5-11-6-8(7)4-9;/h5-6H,2-4,10H2,1H3;1H. The highest BCUT2D eigenvalue weighted by Gasteiger charge is 2.25. The van der Waals surface area contributed by atoms with Crippen LogP contribution in [0.2, 0.25) is 0 Å². The molecule has 1 atom stereocenters. The maximum atomic E-state index is 6.06. The fraction of sp³-hybridized carbons (Fsp3) is 0.556. The SMILES string of the molecule is CC1(N)CCc2cscc2C1.Cl. The minimum absolute atomic E-state index is 0. The van der Waals surface area contributed by atoms with Crippen molar-refractivity contribution in [3.8, 4) is 0 Å². The van der Waals surface area contributed by atoms with Crippen LogP contribution in [-0.4, -0.2) is 5.54 Å². The van der Waals surface area contributed by atoms with E-state index in [0.717, 1.165) is 12.8 Å². The van der Waals surface area contributed by atoms with Gasteiger partial charge in [0.25, 0.3) is 0 Å². The summed E-state index contributed by atoms with van der Waals surface area (Å²) < 4.78 is 0. The molecule has 68 valence electrons. The van der Waals surface area contributed by atoms with E-state index in [-0.39, 0.29) is 17.9 Å². The number of nitrogens with two attached hydrogens (primary N) is 1. The Morgan fingerprint density at radius 1 is 1.42 bits per heavy atom. The molecule has 1 aromatic heterocycles. The molecule has 0 amide bonds. The third kappa shape index (κ3) is 1.82. The Bertz CT molecular complexity index is 267. The van der Waals surface area contributed by atoms with E-state index in [4.69, 9.17) is 5.73 Å². The summed E-state index contributed by atoms with van der Waals surface area (Å²) in [5.41, 5.74) is 9.11. The van der Waals surface area contributed by atoms with Crippen molar-refractivity contribution in [3.63, 3.8) is 0 Å². The van der Waals surface area contributed by atoms with Crippen molar-refractivity contribution < 1.29 is 0 Å². The minimum atomic E-state index is 0. The van der Waals surface area contributed by atoms with E-state index in [9.17, 15) is 0 Å². The first-order chi connectivity index (χ1) is 5.17. The molecule has 0 radical (unpaired) electrons. The number of halogens is 1. The number of thiophene rings is 1. The third-order valence-electron chi connectivity index (χ3n) is 2.39. The van der Waals surface area contributed by atoms with Gasteiger partial charge in [0.2, 0.25) is 0 Å². The van der Waals surface area contributed by atoms with E-state index in [2.05, 4.69) is 17.7 Å². The molecule has 0 saturated carbocycles. The molecule has 3 heteroatoms. The highest BCUT2D eigenvalue weighted by molar-refractivity contribution is 7.08. The van der Waals surface area contributed by atoms with Gasteiger partial charge in [-0.1, -0.05) is 0 Å². The smallest absolute Gasteiger partial charge is 0.0170 e. The van der Waals surface area contributed by atoms with Gasteiger partial charge in [0.15, 0.2) is 0 Å². The summed E-state index contributed by atoms with van der Waals surface area (Å²) in [6, 6.07) is 0. The molecule has 0 aromatic carbocycles. The largest absolute Gasteiger partial charge is 0.325 e. The highest BCUT2D eigenvalue weighted by Crippen LogP contribution is 2.28. The van der Waals surface area contributed by atoms with Crippen LogP contribution in [0.4, 0.5) is 0 Å². The molecule has 1 aliphatic carbocycles. The quantitative estimate of drug-likeness (QED) is 0.689. The van der Waals surface area contributed by atoms with Crippen LogP contribution in [0, 0.1) is 0 Å². The molecule has 2 rings (SSSR count). The average Bonchev–Trinajstić information content (AvgIpc) is 2.31. The van der Waals surface area contributed by atoms with Crippen molar-refractivity contribution in [3.05, 3.63) is 21.9 Å². The normalized spacial score (nSPS) is 27.5. The molecule has 1 heterocycles. The van der Waals surface area contributed by atoms with Crippen LogP contribution in [-0.2, 0) is 12.8 Å². The van der Waals surface area contributed by atoms with Crippen molar-refractivity contribution >= 4 is 23.7 Å². The van der Waals surface area contributed by atoms with Gasteiger partial charge >= 0.3 is 0 Å². The lowest BCUT2D eigenvalue weighted by molar-refractivity contribution is 0.410. The van der Waals surface area contributed by atoms with Gasteiger partial charge in [0, 0.05) is 5.54 Å². The monoisotopic (exact) mass is 203 g/mol. The van der Waals surface area contributed by atoms with E-state index in [1.807, 2.05) is 0 Å². The lowest BCUT2D eigenvalue weighted by atomic mass is 9.82. The fourth-order valence-electron chi connectivity index (χ4n) is 1.67. The highest BCUT2D eigenvalue weighted by atomic mass is 35.5. The van der Waals surface area contributed by atoms with Gasteiger partial charge < -0.3 is 5.73 Å². The van der Waals surface area contributed by atoms with Crippen LogP contribution in [0.3, 0.4) is 0 Å². The fourth-order valence-corrected chi connectivity index (χ4v) is 2.57. The molecule has 0 fully saturated rings. The van der Waals surface area contributed by atoms with Crippen LogP contribution in [0.1, 0.15) is 24.5 Å². The molecule has 1 unspecified atom stereocenters. The lowest BCUT2D eigenvalue weighted by Gasteiger charge is -2.29. The maximum Gasteiger partial charge on any atom is 0.0170 e. The molecule has 12 heavy (non-hydrogen) atoms. The third-order valence-corrected chi connectivity index (χ3v) is 3.23. The molecule has 2 N–H and O–H groups in total. The van der Waals surface area contributed by atoms with Gasteiger partial charge in [-0.05, 0) is 48.1 Å². The molecule has 0 saturated heterocycles. The summed E-state index contributed by atoms with van der Waals surface area (Å²) in [6.45, 7) is 2.15. The predicted molar refractivity (Wildman–Crippen MR) is 56.2 cm³/mol. The summed E-state index contributed by atoms with van der Waals surface area (Å²) in [7, 11) is 0. The number of aryl methyl sites for hydroxylation is 1. The van der Waals surface area contributed by atoms with Gasteiger partial charge in [-0.2, -0.15) is 11.3 Å². The summed E-state index contributed by atoms with van der Waals surface area (Å²) >= 11 is 1.80. The van der Waals surface area contributed by atoms with Crippen LogP contribution in [0.5, 0.6) is 0 Å². The van der Waals surface area contributed by atoms with Crippen molar-refractivity contribution in [2.45, 2.75) is 31.7 Å². The Morgan fingerprint density at radius 3 is 2.83 bits per heavy atom. The predicted octanol–water partition coefficient (Wildman–Crippen LogP) is 2.38. The molecule has 1 aliphatic rings. The van der Waals surface area contributed by atoms with Crippen LogP contribution in [0.15, 0.2) is 10.8 Å². The average molecular weight is 204 g/mol. The second-order valence-corrected chi connectivity index (χ2v) is 4.50. The van der Waals surface area contributed by atoms with Crippen molar-refractivity contribution in [2.75, 3.05) is 0 Å². The van der Waals surface area contributed by atoms with E-state index in [1.54, 1.807) is 11.3 Å². The van der Waals surface area contributed by atoms with Crippen LogP contribution >= 0.6 is 23.7 Å². The zero-order valence-corrected chi connectivity index (χ0v) is 8.80. The summed E-state index contributed by atoms with van der Waals surface area (Å²) in [5, 5.41) is 4.49. The van der Waals surface area contributed by atoms with Gasteiger partial charge in [-0.15, -0.1) is 12.4 Å². The van der Waals surface area contributed by atoms with Crippen molar-refractivity contribution in [2.24, 2.45) is 5.73 Å². The van der Waals surface area contributed by atoms with Crippen LogP contribution < -0.4 is 5.73 Å². The molecule has 0 aliphatic heterocycles. The van der Waals surface area contributed by atoms with Crippen molar-refractivity contribution in [1.29, 1.82) is 0 Å². The minimum Gasteiger partial charge on any atom is -0.325 e. The first-order valence-corrected chi connectivity index (χ1v) is 4.94. The first-order valence-electron chi connectivity index (χ1n) is 4.00. The van der Waals surface area contributed by atoms with E-state index in [1.165, 1.54) is 17.5 Å². The van der Waals surface area contributed by atoms with E-state index in [0.29, 0.717) is 0 Å². The summed E-state index contributed by atoms with van der Waals surface area (Å²) in [6.07, 6.45) is 3.37. The topological polar surface area (TPSA) is 26.0 Å². The molecule has 1 nitrogen and oxygen atoms in total. The van der Waals surface area contributed by atoms with Gasteiger partial charge in [0.1, 0.15) is 0 Å². The van der Waals surface area contributed by atoms with Gasteiger partial charge in [-0.25, -0.2) is 0 Å². The first kappa shape index (κ1) is 10.0. The zero-order valence-electron chi connectivity index (χ0n) is 7.17. The number of rotatable bonds is 0. The summed E-state index contributed by atoms with van der Waals surface area (Å²) in [4.78, 5) is 0. The number of fused-ring (bicyclic) bond motifs is 1. The Labute approximate surface area is 83.4 Å². The molecular weight excluding hydrogens is 190 g/mol. The van der Waals surface area contributed by atoms with Crippen LogP contribution in [0.25, 0.3) is 0 Å². The lowest BCUT2D eigenvalue weighted by Crippen LogP contribution is -2.41. The Hall–Kier alpha value is -0.0500. The zero-order chi connectivity index (χ0) is 7.90. The Balaban J connectivity index is 0.000000720. The number of hydrogen-bond acceptors (Lipinski definition) is 2. The van der Waals surface area contributed by atoms with E-state index < -0.39 is 0 Å². The van der Waals surface area contributed by atoms with Gasteiger partial charge in [-0.3, -0.25) is 0 Å². The van der Waals surface area contributed by atoms with Crippen molar-refractivity contribution in [1.82, 2.24) is 0 Å². The molecule has 0 bridgehead atoms. The maximum absolute atomic E-state index is 6.06. The molecule has 1 aromatic rings.